The maximum atomic E-state index is 6.00. The van der Waals surface area contributed by atoms with Crippen molar-refractivity contribution in [3.8, 4) is 0 Å². The molecule has 1 aromatic carbocycles. The normalized spacial score (nSPS) is 14.6. The lowest BCUT2D eigenvalue weighted by Crippen LogP contribution is -2.27. The molecule has 0 spiro atoms. The van der Waals surface area contributed by atoms with Crippen LogP contribution in [-0.4, -0.2) is 16.4 Å². The third-order valence-corrected chi connectivity index (χ3v) is 3.24. The highest BCUT2D eigenvalue weighted by Crippen LogP contribution is 2.16. The van der Waals surface area contributed by atoms with Crippen LogP contribution >= 0.6 is 11.6 Å². The summed E-state index contributed by atoms with van der Waals surface area (Å²) in [4.78, 5) is 4.37. The van der Waals surface area contributed by atoms with Crippen LogP contribution in [0.2, 0.25) is 0 Å². The molecule has 18 heavy (non-hydrogen) atoms. The molecule has 2 rings (SSSR count). The Morgan fingerprint density at radius 1 is 1.22 bits per heavy atom. The van der Waals surface area contributed by atoms with Crippen molar-refractivity contribution in [3.05, 3.63) is 42.1 Å². The maximum absolute atomic E-state index is 6.00. The Morgan fingerprint density at radius 2 is 2.00 bits per heavy atom. The molecule has 2 atom stereocenters. The number of hydrogen-bond acceptors (Lipinski definition) is 2. The highest BCUT2D eigenvalue weighted by atomic mass is 35.5. The van der Waals surface area contributed by atoms with Crippen molar-refractivity contribution in [2.24, 2.45) is 0 Å². The molecule has 0 radical (unpaired) electrons. The lowest BCUT2D eigenvalue weighted by atomic mass is 10.1. The quantitative estimate of drug-likeness (QED) is 0.831. The van der Waals surface area contributed by atoms with Gasteiger partial charge in [-0.1, -0.05) is 18.2 Å². The van der Waals surface area contributed by atoms with E-state index < -0.39 is 0 Å². The fourth-order valence-electron chi connectivity index (χ4n) is 2.16. The van der Waals surface area contributed by atoms with E-state index in [-0.39, 0.29) is 5.38 Å². The van der Waals surface area contributed by atoms with E-state index in [0.29, 0.717) is 6.04 Å². The zero-order valence-corrected chi connectivity index (χ0v) is 11.6. The monoisotopic (exact) mass is 262 g/mol. The summed E-state index contributed by atoms with van der Waals surface area (Å²) < 4.78 is 0. The van der Waals surface area contributed by atoms with E-state index in [1.807, 2.05) is 25.3 Å². The molecule has 1 N–H and O–H groups in total. The molecule has 0 aliphatic rings. The van der Waals surface area contributed by atoms with E-state index in [4.69, 9.17) is 11.6 Å². The average molecular weight is 263 g/mol. The van der Waals surface area contributed by atoms with Crippen molar-refractivity contribution in [1.29, 1.82) is 0 Å². The van der Waals surface area contributed by atoms with Crippen LogP contribution in [0.3, 0.4) is 0 Å². The van der Waals surface area contributed by atoms with Crippen LogP contribution in [0, 0.1) is 0 Å². The Labute approximate surface area is 113 Å². The molecule has 1 heterocycles. The molecular formula is C15H19ClN2. The summed E-state index contributed by atoms with van der Waals surface area (Å²) in [6.07, 6.45) is 2.85. The number of nitrogens with zero attached hydrogens (tertiary/aromatic N) is 1. The van der Waals surface area contributed by atoms with E-state index in [2.05, 4.69) is 35.4 Å². The van der Waals surface area contributed by atoms with Crippen molar-refractivity contribution < 1.29 is 0 Å². The molecule has 2 aromatic rings. The van der Waals surface area contributed by atoms with Crippen LogP contribution in [0.4, 0.5) is 0 Å². The Hall–Kier alpha value is -1.12. The fraction of sp³-hybridized carbons (Fsp3) is 0.400. The largest absolute Gasteiger partial charge is 0.310 e. The van der Waals surface area contributed by atoms with Crippen LogP contribution in [0.25, 0.3) is 10.9 Å². The number of hydrogen-bond donors (Lipinski definition) is 1. The Balaban J connectivity index is 2.08. The van der Waals surface area contributed by atoms with E-state index in [1.165, 1.54) is 10.9 Å². The molecule has 0 saturated heterocycles. The summed E-state index contributed by atoms with van der Waals surface area (Å²) >= 11 is 6.00. The third kappa shape index (κ3) is 3.44. The zero-order valence-electron chi connectivity index (χ0n) is 10.9. The number of fused-ring (bicyclic) bond motifs is 1. The van der Waals surface area contributed by atoms with Gasteiger partial charge < -0.3 is 5.32 Å². The molecule has 2 nitrogen and oxygen atoms in total. The minimum Gasteiger partial charge on any atom is -0.310 e. The van der Waals surface area contributed by atoms with Gasteiger partial charge in [-0.05, 0) is 38.0 Å². The first kappa shape index (κ1) is 13.3. The van der Waals surface area contributed by atoms with E-state index in [0.717, 1.165) is 18.5 Å². The standard InChI is InChI=1S/C15H19ClN2/c1-11(16)9-12(2)18-10-13-7-8-17-15-6-4-3-5-14(13)15/h3-8,11-12,18H,9-10H2,1-2H3. The second kappa shape index (κ2) is 6.17. The predicted molar refractivity (Wildman–Crippen MR) is 78.0 cm³/mol. The number of aromatic nitrogens is 1. The van der Waals surface area contributed by atoms with Gasteiger partial charge in [0, 0.05) is 29.5 Å². The predicted octanol–water partition coefficient (Wildman–Crippen LogP) is 3.73. The zero-order chi connectivity index (χ0) is 13.0. The highest BCUT2D eigenvalue weighted by molar-refractivity contribution is 6.20. The summed E-state index contributed by atoms with van der Waals surface area (Å²) in [5.41, 5.74) is 2.34. The van der Waals surface area contributed by atoms with Crippen LogP contribution in [-0.2, 0) is 6.54 Å². The molecule has 0 amide bonds. The van der Waals surface area contributed by atoms with Gasteiger partial charge in [0.2, 0.25) is 0 Å². The SMILES string of the molecule is CC(Cl)CC(C)NCc1ccnc2ccccc12. The van der Waals surface area contributed by atoms with Gasteiger partial charge in [-0.2, -0.15) is 0 Å². The van der Waals surface area contributed by atoms with Crippen molar-refractivity contribution in [2.45, 2.75) is 38.2 Å². The van der Waals surface area contributed by atoms with Crippen molar-refractivity contribution in [2.75, 3.05) is 0 Å². The van der Waals surface area contributed by atoms with Crippen molar-refractivity contribution in [1.82, 2.24) is 10.3 Å². The first-order chi connectivity index (χ1) is 8.66. The number of para-hydroxylation sites is 1. The molecule has 96 valence electrons. The minimum absolute atomic E-state index is 0.210. The highest BCUT2D eigenvalue weighted by Gasteiger charge is 2.07. The smallest absolute Gasteiger partial charge is 0.0705 e. The van der Waals surface area contributed by atoms with Gasteiger partial charge in [0.05, 0.1) is 5.52 Å². The number of nitrogens with one attached hydrogen (secondary N) is 1. The average Bonchev–Trinajstić information content (AvgIpc) is 2.35. The summed E-state index contributed by atoms with van der Waals surface area (Å²) in [7, 11) is 0. The molecule has 0 aliphatic carbocycles. The Bertz CT molecular complexity index is 505. The topological polar surface area (TPSA) is 24.9 Å². The molecule has 3 heteroatoms. The molecule has 0 saturated carbocycles. The van der Waals surface area contributed by atoms with Crippen LogP contribution in [0.5, 0.6) is 0 Å². The third-order valence-electron chi connectivity index (χ3n) is 3.06. The fourth-order valence-corrected chi connectivity index (χ4v) is 2.43. The lowest BCUT2D eigenvalue weighted by molar-refractivity contribution is 0.512. The summed E-state index contributed by atoms with van der Waals surface area (Å²) in [6.45, 7) is 5.05. The van der Waals surface area contributed by atoms with Gasteiger partial charge in [-0.3, -0.25) is 4.98 Å². The van der Waals surface area contributed by atoms with Gasteiger partial charge in [0.25, 0.3) is 0 Å². The van der Waals surface area contributed by atoms with Crippen molar-refractivity contribution >= 4 is 22.5 Å². The molecular weight excluding hydrogens is 244 g/mol. The number of halogens is 1. The maximum Gasteiger partial charge on any atom is 0.0705 e. The summed E-state index contributed by atoms with van der Waals surface area (Å²) in [5, 5.41) is 4.94. The first-order valence-corrected chi connectivity index (χ1v) is 6.80. The van der Waals surface area contributed by atoms with E-state index in [1.54, 1.807) is 0 Å². The molecule has 0 bridgehead atoms. The molecule has 1 aromatic heterocycles. The van der Waals surface area contributed by atoms with Gasteiger partial charge in [0.15, 0.2) is 0 Å². The molecule has 2 unspecified atom stereocenters. The van der Waals surface area contributed by atoms with Gasteiger partial charge >= 0.3 is 0 Å². The van der Waals surface area contributed by atoms with Crippen LogP contribution in [0.1, 0.15) is 25.8 Å². The van der Waals surface area contributed by atoms with Crippen LogP contribution in [0.15, 0.2) is 36.5 Å². The Kier molecular flexibility index (Phi) is 4.56. The van der Waals surface area contributed by atoms with Gasteiger partial charge in [-0.15, -0.1) is 11.6 Å². The van der Waals surface area contributed by atoms with E-state index in [9.17, 15) is 0 Å². The first-order valence-electron chi connectivity index (χ1n) is 6.37. The number of alkyl halides is 1. The van der Waals surface area contributed by atoms with Gasteiger partial charge in [0.1, 0.15) is 0 Å². The van der Waals surface area contributed by atoms with Crippen LogP contribution < -0.4 is 5.32 Å². The second-order valence-electron chi connectivity index (χ2n) is 4.79. The summed E-state index contributed by atoms with van der Waals surface area (Å²) in [6, 6.07) is 10.7. The number of rotatable bonds is 5. The minimum atomic E-state index is 0.210. The Morgan fingerprint density at radius 3 is 2.78 bits per heavy atom. The summed E-state index contributed by atoms with van der Waals surface area (Å²) in [5.74, 6) is 0. The van der Waals surface area contributed by atoms with E-state index >= 15 is 0 Å². The molecule has 0 aliphatic heterocycles. The number of pyridine rings is 1. The second-order valence-corrected chi connectivity index (χ2v) is 5.53. The lowest BCUT2D eigenvalue weighted by Gasteiger charge is -2.15. The van der Waals surface area contributed by atoms with Crippen molar-refractivity contribution in [3.63, 3.8) is 0 Å². The number of benzene rings is 1. The molecule has 0 fully saturated rings. The van der Waals surface area contributed by atoms with Gasteiger partial charge in [-0.25, -0.2) is 0 Å².